The van der Waals surface area contributed by atoms with E-state index in [4.69, 9.17) is 11.6 Å². The van der Waals surface area contributed by atoms with E-state index >= 15 is 0 Å². The van der Waals surface area contributed by atoms with E-state index in [0.29, 0.717) is 6.42 Å². The van der Waals surface area contributed by atoms with Gasteiger partial charge in [0.2, 0.25) is 5.91 Å². The lowest BCUT2D eigenvalue weighted by Gasteiger charge is -2.24. The summed E-state index contributed by atoms with van der Waals surface area (Å²) in [7, 11) is 0. The third kappa shape index (κ3) is 3.65. The number of benzene rings is 2. The van der Waals surface area contributed by atoms with E-state index < -0.39 is 0 Å². The summed E-state index contributed by atoms with van der Waals surface area (Å²) in [6.07, 6.45) is 1.35. The van der Waals surface area contributed by atoms with Crippen LogP contribution in [0.1, 0.15) is 22.9 Å². The van der Waals surface area contributed by atoms with Crippen LogP contribution in [-0.2, 0) is 11.2 Å². The molecule has 0 aromatic heterocycles. The molecular formula is C18H18ClNOS. The lowest BCUT2D eigenvalue weighted by Crippen LogP contribution is -2.30. The first-order chi connectivity index (χ1) is 10.7. The fourth-order valence-corrected chi connectivity index (χ4v) is 4.17. The molecule has 1 fully saturated rings. The summed E-state index contributed by atoms with van der Waals surface area (Å²) >= 11 is 7.89. The summed E-state index contributed by atoms with van der Waals surface area (Å²) in [5.74, 6) is 1.20. The number of hydrogen-bond donors (Lipinski definition) is 0. The second kappa shape index (κ2) is 7.21. The quantitative estimate of drug-likeness (QED) is 0.819. The maximum Gasteiger partial charge on any atom is 0.224 e. The summed E-state index contributed by atoms with van der Waals surface area (Å²) < 4.78 is 0. The molecule has 0 radical (unpaired) electrons. The molecule has 0 bridgehead atoms. The summed E-state index contributed by atoms with van der Waals surface area (Å²) in [6, 6.07) is 18.0. The van der Waals surface area contributed by atoms with E-state index in [1.165, 1.54) is 5.56 Å². The van der Waals surface area contributed by atoms with Crippen molar-refractivity contribution in [3.8, 4) is 0 Å². The molecule has 114 valence electrons. The number of halogens is 1. The van der Waals surface area contributed by atoms with Crippen LogP contribution in [-0.4, -0.2) is 23.1 Å². The van der Waals surface area contributed by atoms with Gasteiger partial charge in [-0.25, -0.2) is 0 Å². The van der Waals surface area contributed by atoms with Crippen LogP contribution in [0.5, 0.6) is 0 Å². The summed E-state index contributed by atoms with van der Waals surface area (Å²) in [5.41, 5.74) is 2.32. The predicted octanol–water partition coefficient (Wildman–Crippen LogP) is 4.55. The zero-order valence-electron chi connectivity index (χ0n) is 12.2. The molecule has 0 aliphatic carbocycles. The zero-order valence-corrected chi connectivity index (χ0v) is 13.8. The number of nitrogens with zero attached hydrogens (tertiary/aromatic N) is 1. The van der Waals surface area contributed by atoms with Crippen molar-refractivity contribution in [2.75, 3.05) is 12.3 Å². The van der Waals surface area contributed by atoms with Gasteiger partial charge in [-0.2, -0.15) is 0 Å². The smallest absolute Gasteiger partial charge is 0.224 e. The highest BCUT2D eigenvalue weighted by atomic mass is 35.5. The third-order valence-corrected chi connectivity index (χ3v) is 5.31. The summed E-state index contributed by atoms with van der Waals surface area (Å²) in [6.45, 7) is 0.815. The molecular weight excluding hydrogens is 314 g/mol. The van der Waals surface area contributed by atoms with Crippen LogP contribution in [0, 0.1) is 0 Å². The van der Waals surface area contributed by atoms with Crippen molar-refractivity contribution < 1.29 is 4.79 Å². The number of rotatable bonds is 4. The van der Waals surface area contributed by atoms with Crippen molar-refractivity contribution in [2.24, 2.45) is 0 Å². The van der Waals surface area contributed by atoms with E-state index in [1.807, 2.05) is 59.1 Å². The van der Waals surface area contributed by atoms with Gasteiger partial charge in [-0.3, -0.25) is 4.79 Å². The van der Waals surface area contributed by atoms with Gasteiger partial charge in [-0.1, -0.05) is 54.1 Å². The largest absolute Gasteiger partial charge is 0.326 e. The zero-order chi connectivity index (χ0) is 15.4. The Hall–Kier alpha value is -1.45. The molecule has 2 aromatic carbocycles. The first kappa shape index (κ1) is 15.4. The van der Waals surface area contributed by atoms with Crippen LogP contribution in [0.15, 0.2) is 54.6 Å². The highest BCUT2D eigenvalue weighted by Gasteiger charge is 2.30. The molecule has 1 aliphatic rings. The van der Waals surface area contributed by atoms with E-state index in [0.717, 1.165) is 29.3 Å². The maximum absolute atomic E-state index is 12.6. The van der Waals surface area contributed by atoms with E-state index in [1.54, 1.807) is 0 Å². The number of amides is 1. The topological polar surface area (TPSA) is 20.3 Å². The van der Waals surface area contributed by atoms with Crippen molar-refractivity contribution in [3.05, 3.63) is 70.7 Å². The Morgan fingerprint density at radius 2 is 2.00 bits per heavy atom. The molecule has 0 unspecified atom stereocenters. The number of aryl methyl sites for hydroxylation is 1. The maximum atomic E-state index is 12.6. The molecule has 0 spiro atoms. The number of carbonyl (C=O) groups is 1. The lowest BCUT2D eigenvalue weighted by molar-refractivity contribution is -0.131. The summed E-state index contributed by atoms with van der Waals surface area (Å²) in [5, 5.41) is 0.823. The average Bonchev–Trinajstić information content (AvgIpc) is 3.03. The third-order valence-electron chi connectivity index (χ3n) is 3.82. The van der Waals surface area contributed by atoms with E-state index in [-0.39, 0.29) is 11.3 Å². The van der Waals surface area contributed by atoms with E-state index in [2.05, 4.69) is 12.1 Å². The highest BCUT2D eigenvalue weighted by Crippen LogP contribution is 2.38. The first-order valence-corrected chi connectivity index (χ1v) is 8.87. The molecule has 1 heterocycles. The normalized spacial score (nSPS) is 17.7. The number of carbonyl (C=O) groups excluding carboxylic acids is 1. The van der Waals surface area contributed by atoms with Crippen molar-refractivity contribution in [1.82, 2.24) is 4.90 Å². The van der Waals surface area contributed by atoms with Gasteiger partial charge < -0.3 is 4.90 Å². The van der Waals surface area contributed by atoms with Crippen molar-refractivity contribution in [2.45, 2.75) is 18.2 Å². The molecule has 1 atom stereocenters. The molecule has 0 saturated carbocycles. The van der Waals surface area contributed by atoms with Crippen LogP contribution in [0.25, 0.3) is 0 Å². The van der Waals surface area contributed by atoms with Gasteiger partial charge in [0, 0.05) is 23.7 Å². The second-order valence-corrected chi connectivity index (χ2v) is 6.98. The van der Waals surface area contributed by atoms with Crippen LogP contribution in [0.3, 0.4) is 0 Å². The standard InChI is InChI=1S/C18H18ClNOS/c19-16-8-4-7-15(13-16)18-20(11-12-22-18)17(21)10-9-14-5-2-1-3-6-14/h1-8,13,18H,9-12H2/t18-/m0/s1. The van der Waals surface area contributed by atoms with Crippen LogP contribution < -0.4 is 0 Å². The predicted molar refractivity (Wildman–Crippen MR) is 93.1 cm³/mol. The Balaban J connectivity index is 1.66. The molecule has 0 N–H and O–H groups in total. The van der Waals surface area contributed by atoms with Crippen LogP contribution in [0.4, 0.5) is 0 Å². The van der Waals surface area contributed by atoms with E-state index in [9.17, 15) is 4.79 Å². The van der Waals surface area contributed by atoms with Crippen molar-refractivity contribution >= 4 is 29.3 Å². The Morgan fingerprint density at radius 1 is 1.18 bits per heavy atom. The Morgan fingerprint density at radius 3 is 2.77 bits per heavy atom. The Labute approximate surface area is 140 Å². The van der Waals surface area contributed by atoms with Crippen LogP contribution in [0.2, 0.25) is 5.02 Å². The minimum Gasteiger partial charge on any atom is -0.326 e. The molecule has 1 amide bonds. The first-order valence-electron chi connectivity index (χ1n) is 7.44. The molecule has 3 rings (SSSR count). The van der Waals surface area contributed by atoms with Gasteiger partial charge >= 0.3 is 0 Å². The van der Waals surface area contributed by atoms with Crippen molar-refractivity contribution in [1.29, 1.82) is 0 Å². The molecule has 1 saturated heterocycles. The fraction of sp³-hybridized carbons (Fsp3) is 0.278. The van der Waals surface area contributed by atoms with Gasteiger partial charge in [0.15, 0.2) is 0 Å². The second-order valence-electron chi connectivity index (χ2n) is 5.35. The molecule has 2 aromatic rings. The number of hydrogen-bond acceptors (Lipinski definition) is 2. The SMILES string of the molecule is O=C(CCc1ccccc1)N1CCS[C@H]1c1cccc(Cl)c1. The molecule has 1 aliphatic heterocycles. The molecule has 2 nitrogen and oxygen atoms in total. The highest BCUT2D eigenvalue weighted by molar-refractivity contribution is 7.99. The molecule has 4 heteroatoms. The molecule has 22 heavy (non-hydrogen) atoms. The van der Waals surface area contributed by atoms with Crippen LogP contribution >= 0.6 is 23.4 Å². The summed E-state index contributed by atoms with van der Waals surface area (Å²) in [4.78, 5) is 14.6. The van der Waals surface area contributed by atoms with Gasteiger partial charge in [0.05, 0.1) is 0 Å². The monoisotopic (exact) mass is 331 g/mol. The van der Waals surface area contributed by atoms with Gasteiger partial charge in [0.1, 0.15) is 5.37 Å². The minimum atomic E-state index is 0.0990. The van der Waals surface area contributed by atoms with Gasteiger partial charge in [-0.05, 0) is 29.7 Å². The van der Waals surface area contributed by atoms with Crippen molar-refractivity contribution in [3.63, 3.8) is 0 Å². The average molecular weight is 332 g/mol. The minimum absolute atomic E-state index is 0.0990. The fourth-order valence-electron chi connectivity index (χ4n) is 2.70. The Kier molecular flexibility index (Phi) is 5.06. The lowest BCUT2D eigenvalue weighted by atomic mass is 10.1. The Bertz CT molecular complexity index is 647. The van der Waals surface area contributed by atoms with Gasteiger partial charge in [0.25, 0.3) is 0 Å². The number of thioether (sulfide) groups is 1. The van der Waals surface area contributed by atoms with Gasteiger partial charge in [-0.15, -0.1) is 11.8 Å².